The van der Waals surface area contributed by atoms with Crippen molar-refractivity contribution in [3.63, 3.8) is 0 Å². The van der Waals surface area contributed by atoms with Crippen molar-refractivity contribution in [2.24, 2.45) is 17.8 Å². The summed E-state index contributed by atoms with van der Waals surface area (Å²) in [5, 5.41) is 18.5. The third-order valence-corrected chi connectivity index (χ3v) is 4.02. The van der Waals surface area contributed by atoms with E-state index < -0.39 is 17.8 Å². The minimum absolute atomic E-state index is 0.159. The molecule has 1 aliphatic rings. The molecule has 1 saturated carbocycles. The Labute approximate surface area is 117 Å². The minimum atomic E-state index is -0.865. The highest BCUT2D eigenvalue weighted by Gasteiger charge is 2.41. The van der Waals surface area contributed by atoms with E-state index in [0.29, 0.717) is 37.5 Å². The number of carbonyl (C=O) groups is 2. The number of rotatable bonds is 6. The molecule has 0 radical (unpaired) electrons. The zero-order valence-electron chi connectivity index (χ0n) is 11.5. The summed E-state index contributed by atoms with van der Waals surface area (Å²) in [7, 11) is 0. The van der Waals surface area contributed by atoms with Gasteiger partial charge in [-0.1, -0.05) is 13.3 Å². The van der Waals surface area contributed by atoms with Crippen LogP contribution in [0.15, 0.2) is 6.33 Å². The van der Waals surface area contributed by atoms with Crippen LogP contribution in [0.2, 0.25) is 0 Å². The molecular formula is C13H20N4O3. The van der Waals surface area contributed by atoms with Crippen LogP contribution in [0.1, 0.15) is 32.0 Å². The lowest BCUT2D eigenvalue weighted by atomic mass is 9.95. The number of carbonyl (C=O) groups excluding carboxylic acids is 1. The molecule has 0 aromatic carbocycles. The van der Waals surface area contributed by atoms with Crippen molar-refractivity contribution in [3.8, 4) is 0 Å². The summed E-state index contributed by atoms with van der Waals surface area (Å²) in [6.07, 6.45) is 4.17. The van der Waals surface area contributed by atoms with Crippen molar-refractivity contribution in [2.75, 3.05) is 6.54 Å². The van der Waals surface area contributed by atoms with Crippen LogP contribution in [-0.2, 0) is 16.0 Å². The van der Waals surface area contributed by atoms with Gasteiger partial charge in [0.25, 0.3) is 0 Å². The van der Waals surface area contributed by atoms with Gasteiger partial charge in [0.05, 0.1) is 11.8 Å². The van der Waals surface area contributed by atoms with Gasteiger partial charge in [0, 0.05) is 13.0 Å². The van der Waals surface area contributed by atoms with Gasteiger partial charge in [-0.3, -0.25) is 14.7 Å². The molecule has 1 aromatic rings. The third-order valence-electron chi connectivity index (χ3n) is 4.02. The van der Waals surface area contributed by atoms with Gasteiger partial charge >= 0.3 is 5.97 Å². The Hall–Kier alpha value is -1.92. The van der Waals surface area contributed by atoms with Crippen LogP contribution in [-0.4, -0.2) is 38.7 Å². The summed E-state index contributed by atoms with van der Waals surface area (Å²) in [4.78, 5) is 27.3. The van der Waals surface area contributed by atoms with Gasteiger partial charge in [-0.2, -0.15) is 5.10 Å². The van der Waals surface area contributed by atoms with Crippen molar-refractivity contribution in [3.05, 3.63) is 12.2 Å². The van der Waals surface area contributed by atoms with E-state index in [2.05, 4.69) is 20.5 Å². The number of aromatic amines is 1. The minimum Gasteiger partial charge on any atom is -0.481 e. The van der Waals surface area contributed by atoms with Crippen LogP contribution in [0.4, 0.5) is 0 Å². The highest BCUT2D eigenvalue weighted by molar-refractivity contribution is 5.85. The standard InChI is InChI=1S/C13H20N4O3/c1-2-8-5-9(10(6-8)13(19)20)12(18)14-4-3-11-15-7-16-17-11/h7-10H,2-6H2,1H3,(H,14,18)(H,19,20)(H,15,16,17)/t8?,9-,10+/m0/s1. The van der Waals surface area contributed by atoms with Gasteiger partial charge in [0.15, 0.2) is 0 Å². The topological polar surface area (TPSA) is 108 Å². The van der Waals surface area contributed by atoms with Crippen LogP contribution >= 0.6 is 0 Å². The number of nitrogens with zero attached hydrogens (tertiary/aromatic N) is 2. The summed E-state index contributed by atoms with van der Waals surface area (Å²) >= 11 is 0. The highest BCUT2D eigenvalue weighted by atomic mass is 16.4. The van der Waals surface area contributed by atoms with E-state index in [4.69, 9.17) is 0 Å². The van der Waals surface area contributed by atoms with Gasteiger partial charge in [-0.25, -0.2) is 4.98 Å². The number of hydrogen-bond acceptors (Lipinski definition) is 4. The molecule has 20 heavy (non-hydrogen) atoms. The number of carboxylic acid groups (broad SMARTS) is 1. The monoisotopic (exact) mass is 280 g/mol. The van der Waals surface area contributed by atoms with Crippen molar-refractivity contribution in [2.45, 2.75) is 32.6 Å². The molecule has 0 saturated heterocycles. The van der Waals surface area contributed by atoms with Gasteiger partial charge in [0.2, 0.25) is 5.91 Å². The Kier molecular flexibility index (Phi) is 4.70. The number of nitrogens with one attached hydrogen (secondary N) is 2. The number of aromatic nitrogens is 3. The molecular weight excluding hydrogens is 260 g/mol. The summed E-state index contributed by atoms with van der Waals surface area (Å²) in [5.41, 5.74) is 0. The van der Waals surface area contributed by atoms with E-state index in [1.807, 2.05) is 6.92 Å². The van der Waals surface area contributed by atoms with E-state index in [0.717, 1.165) is 6.42 Å². The highest BCUT2D eigenvalue weighted by Crippen LogP contribution is 2.38. The molecule has 0 bridgehead atoms. The van der Waals surface area contributed by atoms with E-state index in [1.54, 1.807) is 0 Å². The molecule has 1 fully saturated rings. The smallest absolute Gasteiger partial charge is 0.307 e. The number of H-pyrrole nitrogens is 1. The molecule has 3 atom stereocenters. The molecule has 1 heterocycles. The van der Waals surface area contributed by atoms with Gasteiger partial charge < -0.3 is 10.4 Å². The molecule has 1 aliphatic carbocycles. The molecule has 0 spiro atoms. The second-order valence-corrected chi connectivity index (χ2v) is 5.27. The zero-order valence-corrected chi connectivity index (χ0v) is 11.5. The van der Waals surface area contributed by atoms with Crippen LogP contribution < -0.4 is 5.32 Å². The van der Waals surface area contributed by atoms with Crippen molar-refractivity contribution >= 4 is 11.9 Å². The van der Waals surface area contributed by atoms with Crippen LogP contribution in [0.25, 0.3) is 0 Å². The van der Waals surface area contributed by atoms with Gasteiger partial charge in [-0.05, 0) is 18.8 Å². The van der Waals surface area contributed by atoms with Crippen LogP contribution in [0, 0.1) is 17.8 Å². The van der Waals surface area contributed by atoms with Crippen molar-refractivity contribution in [1.29, 1.82) is 0 Å². The van der Waals surface area contributed by atoms with E-state index in [9.17, 15) is 14.7 Å². The molecule has 0 aliphatic heterocycles. The number of aliphatic carboxylic acids is 1. The first-order valence-corrected chi connectivity index (χ1v) is 6.96. The largest absolute Gasteiger partial charge is 0.481 e. The summed E-state index contributed by atoms with van der Waals surface area (Å²) in [6, 6.07) is 0. The Morgan fingerprint density at radius 2 is 2.20 bits per heavy atom. The normalized spacial score (nSPS) is 25.6. The lowest BCUT2D eigenvalue weighted by Crippen LogP contribution is -2.36. The number of hydrogen-bond donors (Lipinski definition) is 3. The summed E-state index contributed by atoms with van der Waals surface area (Å²) < 4.78 is 0. The van der Waals surface area contributed by atoms with Crippen molar-refractivity contribution < 1.29 is 14.7 Å². The third kappa shape index (κ3) is 3.34. The van der Waals surface area contributed by atoms with Crippen molar-refractivity contribution in [1.82, 2.24) is 20.5 Å². The summed E-state index contributed by atoms with van der Waals surface area (Å²) in [5.74, 6) is -0.944. The predicted octanol–water partition coefficient (Wildman–Crippen LogP) is 0.600. The Balaban J connectivity index is 1.85. The first kappa shape index (κ1) is 14.5. The molecule has 1 aromatic heterocycles. The SMILES string of the molecule is CCC1C[C@H](C(=O)NCCc2ncn[nH]2)[C@H](C(=O)O)C1. The molecule has 2 rings (SSSR count). The molecule has 7 heteroatoms. The molecule has 1 amide bonds. The van der Waals surface area contributed by atoms with Gasteiger partial charge in [0.1, 0.15) is 12.2 Å². The first-order chi connectivity index (χ1) is 9.61. The lowest BCUT2D eigenvalue weighted by molar-refractivity contribution is -0.146. The molecule has 3 N–H and O–H groups in total. The maximum atomic E-state index is 12.1. The second kappa shape index (κ2) is 6.49. The Bertz CT molecular complexity index is 460. The van der Waals surface area contributed by atoms with E-state index in [1.165, 1.54) is 6.33 Å². The average molecular weight is 280 g/mol. The van der Waals surface area contributed by atoms with Crippen LogP contribution in [0.3, 0.4) is 0 Å². The average Bonchev–Trinajstić information content (AvgIpc) is 3.07. The quantitative estimate of drug-likeness (QED) is 0.707. The van der Waals surface area contributed by atoms with E-state index in [-0.39, 0.29) is 5.91 Å². The fourth-order valence-corrected chi connectivity index (χ4v) is 2.83. The fraction of sp³-hybridized carbons (Fsp3) is 0.692. The lowest BCUT2D eigenvalue weighted by Gasteiger charge is -2.15. The second-order valence-electron chi connectivity index (χ2n) is 5.27. The molecule has 1 unspecified atom stereocenters. The fourth-order valence-electron chi connectivity index (χ4n) is 2.83. The number of carboxylic acids is 1. The zero-order chi connectivity index (χ0) is 14.5. The Morgan fingerprint density at radius 1 is 1.45 bits per heavy atom. The molecule has 7 nitrogen and oxygen atoms in total. The molecule has 110 valence electrons. The number of amides is 1. The van der Waals surface area contributed by atoms with Gasteiger partial charge in [-0.15, -0.1) is 0 Å². The predicted molar refractivity (Wildman–Crippen MR) is 70.7 cm³/mol. The maximum Gasteiger partial charge on any atom is 0.307 e. The van der Waals surface area contributed by atoms with Crippen LogP contribution in [0.5, 0.6) is 0 Å². The Morgan fingerprint density at radius 3 is 2.80 bits per heavy atom. The van der Waals surface area contributed by atoms with E-state index >= 15 is 0 Å². The summed E-state index contributed by atoms with van der Waals surface area (Å²) in [6.45, 7) is 2.47. The first-order valence-electron chi connectivity index (χ1n) is 6.96. The maximum absolute atomic E-state index is 12.1.